The van der Waals surface area contributed by atoms with E-state index in [1.807, 2.05) is 5.32 Å². The van der Waals surface area contributed by atoms with Gasteiger partial charge in [0.25, 0.3) is 11.5 Å². The van der Waals surface area contributed by atoms with E-state index in [4.69, 9.17) is 5.11 Å². The fraction of sp³-hybridized carbons (Fsp3) is 0.200. The molecule has 34 heavy (non-hydrogen) atoms. The first-order chi connectivity index (χ1) is 15.8. The molecule has 0 fully saturated rings. The van der Waals surface area contributed by atoms with Crippen molar-refractivity contribution >= 4 is 5.91 Å². The third-order valence-electron chi connectivity index (χ3n) is 4.26. The van der Waals surface area contributed by atoms with Gasteiger partial charge in [0, 0.05) is 11.8 Å². The van der Waals surface area contributed by atoms with Crippen LogP contribution in [0.1, 0.15) is 10.4 Å². The van der Waals surface area contributed by atoms with Crippen LogP contribution in [0.3, 0.4) is 0 Å². The smallest absolute Gasteiger partial charge is 0.406 e. The molecule has 1 aromatic carbocycles. The van der Waals surface area contributed by atoms with Gasteiger partial charge >= 0.3 is 12.5 Å². The number of ether oxygens (including phenoxy) is 1. The maximum atomic E-state index is 12.8. The van der Waals surface area contributed by atoms with Crippen LogP contribution in [0.15, 0.2) is 59.7 Å². The summed E-state index contributed by atoms with van der Waals surface area (Å²) in [6.45, 7) is -1.21. The van der Waals surface area contributed by atoms with Crippen molar-refractivity contribution in [2.75, 3.05) is 6.54 Å². The number of hydrogen-bond acceptors (Lipinski definition) is 6. The number of hydrogen-bond donors (Lipinski definition) is 2. The number of carbonyl (C=O) groups is 1. The van der Waals surface area contributed by atoms with E-state index in [-0.39, 0.29) is 16.9 Å². The minimum Gasteiger partial charge on any atom is -0.406 e. The van der Waals surface area contributed by atoms with Crippen LogP contribution in [0.2, 0.25) is 0 Å². The number of aliphatic hydroxyl groups is 1. The van der Waals surface area contributed by atoms with Crippen LogP contribution in [-0.2, 0) is 0 Å². The largest absolute Gasteiger partial charge is 0.573 e. The van der Waals surface area contributed by atoms with E-state index in [1.165, 1.54) is 36.7 Å². The number of alkyl halides is 6. The van der Waals surface area contributed by atoms with Crippen molar-refractivity contribution in [2.45, 2.75) is 18.6 Å². The predicted octanol–water partition coefficient (Wildman–Crippen LogP) is 2.85. The van der Waals surface area contributed by atoms with Crippen LogP contribution < -0.4 is 15.6 Å². The van der Waals surface area contributed by atoms with Crippen molar-refractivity contribution in [1.82, 2.24) is 20.1 Å². The van der Waals surface area contributed by atoms with Gasteiger partial charge in [-0.25, -0.2) is 0 Å². The van der Waals surface area contributed by atoms with Crippen molar-refractivity contribution in [3.8, 4) is 22.7 Å². The molecule has 2 N–H and O–H groups in total. The Morgan fingerprint density at radius 1 is 1.12 bits per heavy atom. The van der Waals surface area contributed by atoms with Crippen molar-refractivity contribution < 1.29 is 41.0 Å². The zero-order valence-corrected chi connectivity index (χ0v) is 16.8. The molecule has 2 aromatic heterocycles. The number of aliphatic hydroxyl groups excluding tert-OH is 1. The maximum absolute atomic E-state index is 12.8. The molecule has 0 aliphatic carbocycles. The molecule has 1 atom stereocenters. The van der Waals surface area contributed by atoms with Crippen molar-refractivity contribution in [1.29, 1.82) is 0 Å². The van der Waals surface area contributed by atoms with Crippen LogP contribution in [0, 0.1) is 0 Å². The monoisotopic (exact) mass is 488 g/mol. The Morgan fingerprint density at radius 3 is 2.35 bits per heavy atom. The van der Waals surface area contributed by atoms with Gasteiger partial charge in [0.05, 0.1) is 24.1 Å². The molecule has 0 bridgehead atoms. The van der Waals surface area contributed by atoms with Crippen LogP contribution in [0.4, 0.5) is 26.3 Å². The molecular formula is C20H14F6N4O4. The summed E-state index contributed by atoms with van der Waals surface area (Å²) in [6.07, 6.45) is -10.1. The Kier molecular flexibility index (Phi) is 6.91. The summed E-state index contributed by atoms with van der Waals surface area (Å²) in [6, 6.07) is 8.14. The number of halogens is 6. The average Bonchev–Trinajstić information content (AvgIpc) is 2.77. The number of benzene rings is 1. The molecule has 1 amide bonds. The number of carbonyl (C=O) groups excluding carboxylic acids is 1. The van der Waals surface area contributed by atoms with E-state index in [0.717, 1.165) is 22.9 Å². The van der Waals surface area contributed by atoms with E-state index in [9.17, 15) is 35.9 Å². The third-order valence-corrected chi connectivity index (χ3v) is 4.26. The van der Waals surface area contributed by atoms with Crippen LogP contribution in [-0.4, -0.2) is 51.0 Å². The molecule has 0 aliphatic rings. The van der Waals surface area contributed by atoms with Crippen molar-refractivity contribution in [3.63, 3.8) is 0 Å². The highest BCUT2D eigenvalue weighted by molar-refractivity contribution is 5.94. The Bertz CT molecular complexity index is 1210. The van der Waals surface area contributed by atoms with Crippen LogP contribution in [0.5, 0.6) is 5.75 Å². The molecule has 14 heteroatoms. The first-order valence-electron chi connectivity index (χ1n) is 9.29. The number of nitrogens with zero attached hydrogens (tertiary/aromatic N) is 3. The summed E-state index contributed by atoms with van der Waals surface area (Å²) < 4.78 is 79.3. The summed E-state index contributed by atoms with van der Waals surface area (Å²) in [5.41, 5.74) is -1.43. The summed E-state index contributed by atoms with van der Waals surface area (Å²) in [5.74, 6) is -1.76. The van der Waals surface area contributed by atoms with Gasteiger partial charge in [-0.2, -0.15) is 23.0 Å². The van der Waals surface area contributed by atoms with Gasteiger partial charge in [0.1, 0.15) is 11.3 Å². The number of rotatable bonds is 6. The maximum Gasteiger partial charge on any atom is 0.573 e. The summed E-state index contributed by atoms with van der Waals surface area (Å²) in [5, 5.41) is 15.0. The molecule has 0 unspecified atom stereocenters. The zero-order valence-electron chi connectivity index (χ0n) is 16.8. The van der Waals surface area contributed by atoms with Gasteiger partial charge < -0.3 is 15.2 Å². The topological polar surface area (TPSA) is 106 Å². The second-order valence-corrected chi connectivity index (χ2v) is 6.71. The second-order valence-electron chi connectivity index (χ2n) is 6.71. The molecule has 0 spiro atoms. The fourth-order valence-corrected chi connectivity index (χ4v) is 2.68. The Balaban J connectivity index is 2.02. The molecule has 0 saturated carbocycles. The molecule has 0 aliphatic heterocycles. The Morgan fingerprint density at radius 2 is 1.79 bits per heavy atom. The first kappa shape index (κ1) is 24.7. The number of amides is 1. The van der Waals surface area contributed by atoms with E-state index in [1.54, 1.807) is 0 Å². The summed E-state index contributed by atoms with van der Waals surface area (Å²) >= 11 is 0. The number of pyridine rings is 1. The molecule has 180 valence electrons. The van der Waals surface area contributed by atoms with Crippen LogP contribution in [0.25, 0.3) is 16.9 Å². The molecule has 0 saturated heterocycles. The fourth-order valence-electron chi connectivity index (χ4n) is 2.68. The first-order valence-corrected chi connectivity index (χ1v) is 9.29. The quantitative estimate of drug-likeness (QED) is 0.517. The average molecular weight is 488 g/mol. The van der Waals surface area contributed by atoms with Gasteiger partial charge in [-0.3, -0.25) is 14.6 Å². The lowest BCUT2D eigenvalue weighted by molar-refractivity contribution is -0.274. The molecular weight excluding hydrogens is 474 g/mol. The highest BCUT2D eigenvalue weighted by atomic mass is 19.4. The van der Waals surface area contributed by atoms with Crippen molar-refractivity contribution in [2.24, 2.45) is 0 Å². The lowest BCUT2D eigenvalue weighted by atomic mass is 10.1. The summed E-state index contributed by atoms with van der Waals surface area (Å²) in [7, 11) is 0. The highest BCUT2D eigenvalue weighted by Crippen LogP contribution is 2.26. The van der Waals surface area contributed by atoms with Gasteiger partial charge in [0.15, 0.2) is 6.10 Å². The molecule has 2 heterocycles. The van der Waals surface area contributed by atoms with Gasteiger partial charge in [-0.05, 0) is 42.5 Å². The number of aromatic nitrogens is 3. The Labute approximate surface area is 186 Å². The van der Waals surface area contributed by atoms with Gasteiger partial charge in [0.2, 0.25) is 0 Å². The van der Waals surface area contributed by atoms with E-state index in [2.05, 4.69) is 14.8 Å². The third kappa shape index (κ3) is 6.10. The van der Waals surface area contributed by atoms with Gasteiger partial charge in [-0.15, -0.1) is 13.2 Å². The lowest BCUT2D eigenvalue weighted by Crippen LogP contribution is -2.42. The van der Waals surface area contributed by atoms with Crippen LogP contribution >= 0.6 is 0 Å². The van der Waals surface area contributed by atoms with E-state index >= 15 is 0 Å². The van der Waals surface area contributed by atoms with Crippen molar-refractivity contribution in [3.05, 3.63) is 70.8 Å². The Hall–Kier alpha value is -3.94. The summed E-state index contributed by atoms with van der Waals surface area (Å²) in [4.78, 5) is 29.1. The standard InChI is InChI=1S/C20H14F6N4O4/c21-19(22,23)16(31)10-28-17(32)14-8-15(11-3-5-13(6-4-11)34-20(24,25)26)29-30(18(14)33)12-2-1-7-27-9-12/h1-9,16,31H,10H2,(H,28,32)/t16-/m1/s1. The predicted molar refractivity (Wildman–Crippen MR) is 104 cm³/mol. The normalized spacial score (nSPS) is 12.8. The molecule has 8 nitrogen and oxygen atoms in total. The van der Waals surface area contributed by atoms with Gasteiger partial charge in [-0.1, -0.05) is 0 Å². The van der Waals surface area contributed by atoms with E-state index < -0.39 is 48.0 Å². The molecule has 3 rings (SSSR count). The second kappa shape index (κ2) is 9.51. The minimum atomic E-state index is -4.99. The number of nitrogens with one attached hydrogen (secondary N) is 1. The SMILES string of the molecule is O=C(NC[C@@H](O)C(F)(F)F)c1cc(-c2ccc(OC(F)(F)F)cc2)nn(-c2cccnc2)c1=O. The van der Waals surface area contributed by atoms with E-state index in [0.29, 0.717) is 0 Å². The highest BCUT2D eigenvalue weighted by Gasteiger charge is 2.38. The zero-order chi connectivity index (χ0) is 25.1. The molecule has 0 radical (unpaired) electrons. The minimum absolute atomic E-state index is 0.0662. The lowest BCUT2D eigenvalue weighted by Gasteiger charge is -2.15. The molecule has 3 aromatic rings.